The number of hydrogen-bond donors (Lipinski definition) is 0. The van der Waals surface area contributed by atoms with Crippen LogP contribution in [-0.2, 0) is 6.42 Å². The third-order valence-corrected chi connectivity index (χ3v) is 6.11. The number of fused-ring (bicyclic) bond motifs is 1. The Bertz CT molecular complexity index is 1330. The maximum Gasteiger partial charge on any atom is 0.208 e. The van der Waals surface area contributed by atoms with Crippen molar-refractivity contribution in [2.24, 2.45) is 0 Å². The van der Waals surface area contributed by atoms with Crippen molar-refractivity contribution in [3.8, 4) is 22.4 Å². The van der Waals surface area contributed by atoms with Gasteiger partial charge in [-0.05, 0) is 46.7 Å². The number of benzene rings is 2. The predicted molar refractivity (Wildman–Crippen MR) is 121 cm³/mol. The molecule has 0 bridgehead atoms. The van der Waals surface area contributed by atoms with E-state index in [1.165, 1.54) is 22.5 Å². The summed E-state index contributed by atoms with van der Waals surface area (Å²) in [4.78, 5) is 18.0. The van der Waals surface area contributed by atoms with Crippen LogP contribution in [0.2, 0.25) is 0 Å². The number of hydrogen-bond acceptors (Lipinski definition) is 4. The van der Waals surface area contributed by atoms with E-state index in [0.29, 0.717) is 16.1 Å². The molecule has 0 saturated carbocycles. The fraction of sp³-hybridized carbons (Fsp3) is 0.0800. The van der Waals surface area contributed by atoms with Crippen molar-refractivity contribution < 1.29 is 4.79 Å². The summed E-state index contributed by atoms with van der Waals surface area (Å²) in [5.74, 6) is -0.0468. The molecule has 5 rings (SSSR count). The summed E-state index contributed by atoms with van der Waals surface area (Å²) < 4.78 is 1.75. The van der Waals surface area contributed by atoms with Gasteiger partial charge in [0.25, 0.3) is 0 Å². The van der Waals surface area contributed by atoms with Gasteiger partial charge in [0.1, 0.15) is 0 Å². The van der Waals surface area contributed by atoms with E-state index >= 15 is 0 Å². The SMILES string of the molecule is CCc1ccc(-c2cccc(-c3ccnc4c(C(=O)c5cccs5)cnn34)c2)cc1. The number of ketones is 1. The first-order valence-corrected chi connectivity index (χ1v) is 10.7. The molecule has 0 aliphatic carbocycles. The minimum Gasteiger partial charge on any atom is -0.287 e. The van der Waals surface area contributed by atoms with E-state index in [4.69, 9.17) is 0 Å². The highest BCUT2D eigenvalue weighted by Crippen LogP contribution is 2.28. The molecule has 0 atom stereocenters. The van der Waals surface area contributed by atoms with Gasteiger partial charge in [-0.1, -0.05) is 55.5 Å². The standard InChI is InChI=1S/C25H19N3OS/c1-2-17-8-10-18(11-9-17)19-5-3-6-20(15-19)22-12-13-26-25-21(16-27-28(22)25)24(29)23-7-4-14-30-23/h3-16H,2H2,1H3. The second kappa shape index (κ2) is 7.69. The number of carbonyl (C=O) groups is 1. The summed E-state index contributed by atoms with van der Waals surface area (Å²) in [5, 5.41) is 6.39. The largest absolute Gasteiger partial charge is 0.287 e. The molecule has 4 nitrogen and oxygen atoms in total. The van der Waals surface area contributed by atoms with Crippen LogP contribution in [-0.4, -0.2) is 20.4 Å². The molecule has 0 N–H and O–H groups in total. The molecular formula is C25H19N3OS. The molecule has 5 aromatic rings. The van der Waals surface area contributed by atoms with E-state index in [2.05, 4.69) is 59.5 Å². The first-order chi connectivity index (χ1) is 14.7. The van der Waals surface area contributed by atoms with Crippen LogP contribution in [0.25, 0.3) is 28.0 Å². The van der Waals surface area contributed by atoms with Crippen LogP contribution < -0.4 is 0 Å². The lowest BCUT2D eigenvalue weighted by atomic mass is 10.00. The summed E-state index contributed by atoms with van der Waals surface area (Å²) in [6, 6.07) is 22.7. The fourth-order valence-electron chi connectivity index (χ4n) is 3.60. The molecule has 0 aliphatic rings. The molecule has 0 saturated heterocycles. The summed E-state index contributed by atoms with van der Waals surface area (Å²) >= 11 is 1.43. The van der Waals surface area contributed by atoms with Gasteiger partial charge in [0, 0.05) is 11.8 Å². The molecule has 0 aliphatic heterocycles. The summed E-state index contributed by atoms with van der Waals surface area (Å²) in [6.07, 6.45) is 4.38. The van der Waals surface area contributed by atoms with Crippen molar-refractivity contribution in [1.82, 2.24) is 14.6 Å². The van der Waals surface area contributed by atoms with E-state index in [1.807, 2.05) is 29.6 Å². The average Bonchev–Trinajstić information content (AvgIpc) is 3.49. The van der Waals surface area contributed by atoms with Crippen LogP contribution in [0.1, 0.15) is 27.7 Å². The quantitative estimate of drug-likeness (QED) is 0.339. The second-order valence-electron chi connectivity index (χ2n) is 7.06. The molecule has 0 spiro atoms. The Kier molecular flexibility index (Phi) is 4.73. The van der Waals surface area contributed by atoms with Crippen molar-refractivity contribution in [2.45, 2.75) is 13.3 Å². The number of aromatic nitrogens is 3. The first kappa shape index (κ1) is 18.5. The third-order valence-electron chi connectivity index (χ3n) is 5.24. The Labute approximate surface area is 178 Å². The molecule has 0 radical (unpaired) electrons. The van der Waals surface area contributed by atoms with Gasteiger partial charge in [-0.2, -0.15) is 5.10 Å². The topological polar surface area (TPSA) is 47.3 Å². The Morgan fingerprint density at radius 1 is 0.967 bits per heavy atom. The lowest BCUT2D eigenvalue weighted by Crippen LogP contribution is -2.01. The van der Waals surface area contributed by atoms with E-state index < -0.39 is 0 Å². The number of rotatable bonds is 5. The minimum absolute atomic E-state index is 0.0468. The molecule has 2 aromatic carbocycles. The smallest absolute Gasteiger partial charge is 0.208 e. The van der Waals surface area contributed by atoms with Crippen LogP contribution >= 0.6 is 11.3 Å². The summed E-state index contributed by atoms with van der Waals surface area (Å²) in [6.45, 7) is 2.16. The van der Waals surface area contributed by atoms with Crippen LogP contribution in [0.4, 0.5) is 0 Å². The molecule has 146 valence electrons. The van der Waals surface area contributed by atoms with Gasteiger partial charge in [-0.3, -0.25) is 4.79 Å². The summed E-state index contributed by atoms with van der Waals surface area (Å²) in [5.41, 5.74) is 6.66. The Balaban J connectivity index is 1.57. The molecule has 5 heteroatoms. The van der Waals surface area contributed by atoms with E-state index in [9.17, 15) is 4.79 Å². The highest BCUT2D eigenvalue weighted by molar-refractivity contribution is 7.12. The van der Waals surface area contributed by atoms with Gasteiger partial charge in [0.2, 0.25) is 5.78 Å². The molecule has 30 heavy (non-hydrogen) atoms. The van der Waals surface area contributed by atoms with Gasteiger partial charge >= 0.3 is 0 Å². The van der Waals surface area contributed by atoms with Crippen LogP contribution in [0, 0.1) is 0 Å². The Morgan fingerprint density at radius 3 is 2.57 bits per heavy atom. The van der Waals surface area contributed by atoms with Gasteiger partial charge in [-0.25, -0.2) is 9.50 Å². The highest BCUT2D eigenvalue weighted by Gasteiger charge is 2.18. The van der Waals surface area contributed by atoms with Crippen LogP contribution in [0.5, 0.6) is 0 Å². The fourth-order valence-corrected chi connectivity index (χ4v) is 4.28. The van der Waals surface area contributed by atoms with Crippen molar-refractivity contribution in [1.29, 1.82) is 0 Å². The highest BCUT2D eigenvalue weighted by atomic mass is 32.1. The maximum atomic E-state index is 12.8. The zero-order valence-corrected chi connectivity index (χ0v) is 17.3. The van der Waals surface area contributed by atoms with Gasteiger partial charge in [0.15, 0.2) is 5.65 Å². The van der Waals surface area contributed by atoms with E-state index in [-0.39, 0.29) is 5.78 Å². The van der Waals surface area contributed by atoms with Gasteiger partial charge in [0.05, 0.1) is 22.3 Å². The Morgan fingerprint density at radius 2 is 1.80 bits per heavy atom. The van der Waals surface area contributed by atoms with E-state index in [1.54, 1.807) is 16.9 Å². The lowest BCUT2D eigenvalue weighted by molar-refractivity contribution is 0.104. The van der Waals surface area contributed by atoms with E-state index in [0.717, 1.165) is 23.2 Å². The van der Waals surface area contributed by atoms with Gasteiger partial charge < -0.3 is 0 Å². The maximum absolute atomic E-state index is 12.8. The lowest BCUT2D eigenvalue weighted by Gasteiger charge is -2.08. The van der Waals surface area contributed by atoms with Crippen molar-refractivity contribution >= 4 is 22.8 Å². The minimum atomic E-state index is -0.0468. The number of nitrogens with zero attached hydrogens (tertiary/aromatic N) is 3. The molecule has 0 amide bonds. The molecule has 0 fully saturated rings. The van der Waals surface area contributed by atoms with Crippen molar-refractivity contribution in [3.05, 3.63) is 101 Å². The molecular weight excluding hydrogens is 390 g/mol. The average molecular weight is 410 g/mol. The molecule has 3 aromatic heterocycles. The third kappa shape index (κ3) is 3.23. The van der Waals surface area contributed by atoms with Crippen molar-refractivity contribution in [2.75, 3.05) is 0 Å². The zero-order chi connectivity index (χ0) is 20.5. The number of thiophene rings is 1. The second-order valence-corrected chi connectivity index (χ2v) is 8.01. The summed E-state index contributed by atoms with van der Waals surface area (Å²) in [7, 11) is 0. The molecule has 3 heterocycles. The zero-order valence-electron chi connectivity index (χ0n) is 16.4. The predicted octanol–water partition coefficient (Wildman–Crippen LogP) is 5.92. The monoisotopic (exact) mass is 409 g/mol. The first-order valence-electron chi connectivity index (χ1n) is 9.85. The van der Waals surface area contributed by atoms with Gasteiger partial charge in [-0.15, -0.1) is 11.3 Å². The van der Waals surface area contributed by atoms with Crippen LogP contribution in [0.3, 0.4) is 0 Å². The number of carbonyl (C=O) groups excluding carboxylic acids is 1. The molecule has 0 unspecified atom stereocenters. The van der Waals surface area contributed by atoms with Crippen molar-refractivity contribution in [3.63, 3.8) is 0 Å². The Hall–Kier alpha value is -3.57. The normalized spacial score (nSPS) is 11.1. The van der Waals surface area contributed by atoms with Crippen LogP contribution in [0.15, 0.2) is 84.5 Å². The number of aryl methyl sites for hydroxylation is 1.